The quantitative estimate of drug-likeness (QED) is 0.723. The topological polar surface area (TPSA) is 24.9 Å². The molecule has 0 spiro atoms. The molecule has 0 saturated heterocycles. The van der Waals surface area contributed by atoms with Gasteiger partial charge in [-0.3, -0.25) is 4.98 Å². The lowest BCUT2D eigenvalue weighted by Gasteiger charge is -2.15. The molecule has 0 amide bonds. The highest BCUT2D eigenvalue weighted by molar-refractivity contribution is 7.17. The lowest BCUT2D eigenvalue weighted by atomic mass is 10.1. The van der Waals surface area contributed by atoms with Gasteiger partial charge in [0.25, 0.3) is 0 Å². The number of hydrogen-bond donors (Lipinski definition) is 1. The molecule has 0 saturated carbocycles. The van der Waals surface area contributed by atoms with Crippen molar-refractivity contribution in [2.24, 2.45) is 0 Å². The molecule has 1 unspecified atom stereocenters. The minimum absolute atomic E-state index is 0.208. The third-order valence-electron chi connectivity index (χ3n) is 3.05. The predicted octanol–water partition coefficient (Wildman–Crippen LogP) is 5.12. The summed E-state index contributed by atoms with van der Waals surface area (Å²) in [5.41, 5.74) is 3.31. The first kappa shape index (κ1) is 12.5. The third-order valence-corrected chi connectivity index (χ3v) is 4.16. The van der Waals surface area contributed by atoms with Crippen molar-refractivity contribution in [1.82, 2.24) is 4.98 Å². The monoisotopic (exact) mass is 288 g/mol. The zero-order chi connectivity index (χ0) is 13.2. The Morgan fingerprint density at radius 2 is 2.00 bits per heavy atom. The smallest absolute Gasteiger partial charge is 0.0809 e. The average Bonchev–Trinajstić information content (AvgIpc) is 2.88. The maximum absolute atomic E-state index is 5.88. The molecular formula is C15H13ClN2S. The van der Waals surface area contributed by atoms with Crippen LogP contribution in [0.1, 0.15) is 18.5 Å². The van der Waals surface area contributed by atoms with Crippen molar-refractivity contribution in [3.8, 4) is 0 Å². The van der Waals surface area contributed by atoms with Crippen LogP contribution in [0.3, 0.4) is 0 Å². The molecule has 2 heterocycles. The second kappa shape index (κ2) is 5.19. The molecule has 4 heteroatoms. The minimum Gasteiger partial charge on any atom is -0.378 e. The Hall–Kier alpha value is -1.58. The fourth-order valence-electron chi connectivity index (χ4n) is 1.98. The molecule has 0 aliphatic rings. The maximum Gasteiger partial charge on any atom is 0.0809 e. The van der Waals surface area contributed by atoms with Crippen LogP contribution in [0.15, 0.2) is 48.0 Å². The predicted molar refractivity (Wildman–Crippen MR) is 83.1 cm³/mol. The summed E-state index contributed by atoms with van der Waals surface area (Å²) in [6.45, 7) is 2.13. The summed E-state index contributed by atoms with van der Waals surface area (Å²) in [5, 5.41) is 6.27. The molecular weight excluding hydrogens is 276 g/mol. The van der Waals surface area contributed by atoms with E-state index in [0.717, 1.165) is 16.2 Å². The van der Waals surface area contributed by atoms with Crippen LogP contribution in [0.2, 0.25) is 5.02 Å². The number of pyridine rings is 1. The Kier molecular flexibility index (Phi) is 3.40. The molecule has 3 aromatic rings. The summed E-state index contributed by atoms with van der Waals surface area (Å²) < 4.78 is 1.22. The molecule has 0 bridgehead atoms. The van der Waals surface area contributed by atoms with E-state index in [1.807, 2.05) is 36.5 Å². The maximum atomic E-state index is 5.88. The highest BCUT2D eigenvalue weighted by Gasteiger charge is 2.07. The van der Waals surface area contributed by atoms with Crippen LogP contribution >= 0.6 is 22.9 Å². The van der Waals surface area contributed by atoms with Gasteiger partial charge in [-0.25, -0.2) is 0 Å². The number of benzene rings is 1. The van der Waals surface area contributed by atoms with Crippen LogP contribution in [-0.4, -0.2) is 4.98 Å². The summed E-state index contributed by atoms with van der Waals surface area (Å²) in [6, 6.07) is 12.2. The molecule has 3 rings (SSSR count). The van der Waals surface area contributed by atoms with E-state index in [9.17, 15) is 0 Å². The number of halogens is 1. The second-order valence-electron chi connectivity index (χ2n) is 4.45. The van der Waals surface area contributed by atoms with Crippen LogP contribution in [0.4, 0.5) is 5.69 Å². The fraction of sp³-hybridized carbons (Fsp3) is 0.133. The minimum atomic E-state index is 0.208. The van der Waals surface area contributed by atoms with Gasteiger partial charge < -0.3 is 5.32 Å². The van der Waals surface area contributed by atoms with Crippen LogP contribution in [0, 0.1) is 0 Å². The van der Waals surface area contributed by atoms with Crippen LogP contribution in [0.5, 0.6) is 0 Å². The van der Waals surface area contributed by atoms with Gasteiger partial charge >= 0.3 is 0 Å². The first-order chi connectivity index (χ1) is 9.22. The molecule has 0 aliphatic carbocycles. The molecule has 2 nitrogen and oxygen atoms in total. The van der Waals surface area contributed by atoms with Gasteiger partial charge in [0.05, 0.1) is 16.3 Å². The van der Waals surface area contributed by atoms with E-state index >= 15 is 0 Å². The Labute approximate surface area is 121 Å². The first-order valence-corrected chi connectivity index (χ1v) is 7.33. The van der Waals surface area contributed by atoms with E-state index in [1.54, 1.807) is 11.3 Å². The van der Waals surface area contributed by atoms with Crippen molar-refractivity contribution in [1.29, 1.82) is 0 Å². The van der Waals surface area contributed by atoms with Gasteiger partial charge in [0.15, 0.2) is 0 Å². The number of fused-ring (bicyclic) bond motifs is 1. The molecule has 0 fully saturated rings. The molecule has 19 heavy (non-hydrogen) atoms. The number of hydrogen-bond acceptors (Lipinski definition) is 3. The fourth-order valence-corrected chi connectivity index (χ4v) is 2.89. The van der Waals surface area contributed by atoms with E-state index in [-0.39, 0.29) is 6.04 Å². The highest BCUT2D eigenvalue weighted by Crippen LogP contribution is 2.25. The zero-order valence-corrected chi connectivity index (χ0v) is 12.0. The number of aromatic nitrogens is 1. The molecule has 1 N–H and O–H groups in total. The largest absolute Gasteiger partial charge is 0.378 e. The van der Waals surface area contributed by atoms with Gasteiger partial charge in [-0.05, 0) is 54.3 Å². The second-order valence-corrected chi connectivity index (χ2v) is 5.83. The Balaban J connectivity index is 1.82. The summed E-state index contributed by atoms with van der Waals surface area (Å²) in [5.74, 6) is 0. The number of nitrogens with zero attached hydrogens (tertiary/aromatic N) is 1. The number of thiophene rings is 1. The van der Waals surface area contributed by atoms with Gasteiger partial charge in [-0.1, -0.05) is 11.6 Å². The van der Waals surface area contributed by atoms with E-state index in [2.05, 4.69) is 28.7 Å². The molecule has 1 atom stereocenters. The van der Waals surface area contributed by atoms with Crippen molar-refractivity contribution >= 4 is 38.8 Å². The molecule has 2 aromatic heterocycles. The van der Waals surface area contributed by atoms with Gasteiger partial charge in [0, 0.05) is 16.9 Å². The summed E-state index contributed by atoms with van der Waals surface area (Å²) in [6.07, 6.45) is 1.93. The standard InChI is InChI=1S/C15H13ClN2S/c1-10(18-13-4-2-12(16)3-5-13)11-8-15-14(17-9-11)6-7-19-15/h2-10,18H,1H3. The van der Waals surface area contributed by atoms with Crippen LogP contribution < -0.4 is 5.32 Å². The number of anilines is 1. The van der Waals surface area contributed by atoms with Crippen molar-refractivity contribution in [3.63, 3.8) is 0 Å². The third kappa shape index (κ3) is 2.72. The normalized spacial score (nSPS) is 12.5. The lowest BCUT2D eigenvalue weighted by Crippen LogP contribution is -2.06. The van der Waals surface area contributed by atoms with E-state index in [0.29, 0.717) is 0 Å². The van der Waals surface area contributed by atoms with Crippen LogP contribution in [0.25, 0.3) is 10.2 Å². The SMILES string of the molecule is CC(Nc1ccc(Cl)cc1)c1cnc2ccsc2c1. The van der Waals surface area contributed by atoms with Gasteiger partial charge in [-0.15, -0.1) is 11.3 Å². The van der Waals surface area contributed by atoms with E-state index < -0.39 is 0 Å². The van der Waals surface area contributed by atoms with Crippen molar-refractivity contribution in [3.05, 3.63) is 58.6 Å². The molecule has 0 radical (unpaired) electrons. The molecule has 1 aromatic carbocycles. The number of rotatable bonds is 3. The zero-order valence-electron chi connectivity index (χ0n) is 10.4. The van der Waals surface area contributed by atoms with Crippen molar-refractivity contribution in [2.75, 3.05) is 5.32 Å². The Bertz CT molecular complexity index is 691. The summed E-state index contributed by atoms with van der Waals surface area (Å²) in [4.78, 5) is 4.47. The van der Waals surface area contributed by atoms with Gasteiger partial charge in [0.1, 0.15) is 0 Å². The van der Waals surface area contributed by atoms with E-state index in [4.69, 9.17) is 11.6 Å². The lowest BCUT2D eigenvalue weighted by molar-refractivity contribution is 0.880. The Morgan fingerprint density at radius 3 is 2.79 bits per heavy atom. The number of nitrogens with one attached hydrogen (secondary N) is 1. The van der Waals surface area contributed by atoms with Gasteiger partial charge in [0.2, 0.25) is 0 Å². The van der Waals surface area contributed by atoms with Crippen molar-refractivity contribution < 1.29 is 0 Å². The average molecular weight is 289 g/mol. The Morgan fingerprint density at radius 1 is 1.21 bits per heavy atom. The molecule has 0 aliphatic heterocycles. The highest BCUT2D eigenvalue weighted by atomic mass is 35.5. The van der Waals surface area contributed by atoms with Crippen molar-refractivity contribution in [2.45, 2.75) is 13.0 Å². The first-order valence-electron chi connectivity index (χ1n) is 6.07. The summed E-state index contributed by atoms with van der Waals surface area (Å²) in [7, 11) is 0. The van der Waals surface area contributed by atoms with Crippen LogP contribution in [-0.2, 0) is 0 Å². The van der Waals surface area contributed by atoms with E-state index in [1.165, 1.54) is 10.3 Å². The van der Waals surface area contributed by atoms with Gasteiger partial charge in [-0.2, -0.15) is 0 Å². The summed E-state index contributed by atoms with van der Waals surface area (Å²) >= 11 is 7.60. The molecule has 96 valence electrons.